The first kappa shape index (κ1) is 21.8. The second kappa shape index (κ2) is 10.7. The Kier molecular flexibility index (Phi) is 8.98. The average Bonchev–Trinajstić information content (AvgIpc) is 2.61. The van der Waals surface area contributed by atoms with Gasteiger partial charge in [-0.3, -0.25) is 14.4 Å². The number of rotatable bonds is 10. The van der Waals surface area contributed by atoms with Crippen molar-refractivity contribution in [2.45, 2.75) is 20.3 Å². The van der Waals surface area contributed by atoms with Gasteiger partial charge < -0.3 is 19.5 Å². The van der Waals surface area contributed by atoms with Crippen molar-refractivity contribution < 1.29 is 29.0 Å². The van der Waals surface area contributed by atoms with E-state index in [1.165, 1.54) is 18.9 Å². The van der Waals surface area contributed by atoms with Crippen LogP contribution in [-0.4, -0.2) is 60.1 Å². The summed E-state index contributed by atoms with van der Waals surface area (Å²) in [6, 6.07) is 5.42. The molecule has 0 radical (unpaired) electrons. The Labute approximate surface area is 157 Å². The highest BCUT2D eigenvalue weighted by molar-refractivity contribution is 8.13. The number of methoxy groups -OCH3 is 2. The maximum atomic E-state index is 12.5. The standard InChI is InChI=1S/C18H25NO6S/c1-12(11-26-13(2)20)18(23)19(10-17(21)22)8-7-14-5-6-15(24-3)16(9-14)25-4/h5-6,9,12H,7-8,10-11H2,1-4H3,(H,21,22). The minimum atomic E-state index is -1.07. The molecule has 0 aliphatic heterocycles. The maximum Gasteiger partial charge on any atom is 0.323 e. The molecule has 1 amide bonds. The smallest absolute Gasteiger partial charge is 0.323 e. The summed E-state index contributed by atoms with van der Waals surface area (Å²) in [6.45, 7) is 3.02. The van der Waals surface area contributed by atoms with Crippen LogP contribution >= 0.6 is 11.8 Å². The van der Waals surface area contributed by atoms with E-state index in [-0.39, 0.29) is 24.1 Å². The number of hydrogen-bond acceptors (Lipinski definition) is 6. The fourth-order valence-electron chi connectivity index (χ4n) is 2.36. The van der Waals surface area contributed by atoms with Crippen LogP contribution in [0.15, 0.2) is 18.2 Å². The molecule has 1 rings (SSSR count). The molecule has 0 fully saturated rings. The topological polar surface area (TPSA) is 93.1 Å². The van der Waals surface area contributed by atoms with Crippen molar-refractivity contribution in [3.63, 3.8) is 0 Å². The van der Waals surface area contributed by atoms with Crippen LogP contribution in [0.3, 0.4) is 0 Å². The third-order valence-electron chi connectivity index (χ3n) is 3.71. The van der Waals surface area contributed by atoms with E-state index in [0.717, 1.165) is 17.3 Å². The zero-order valence-electron chi connectivity index (χ0n) is 15.5. The van der Waals surface area contributed by atoms with Crippen LogP contribution in [-0.2, 0) is 20.8 Å². The minimum absolute atomic E-state index is 0.0697. The van der Waals surface area contributed by atoms with Crippen LogP contribution in [0.5, 0.6) is 11.5 Å². The van der Waals surface area contributed by atoms with Crippen LogP contribution in [0.2, 0.25) is 0 Å². The summed E-state index contributed by atoms with van der Waals surface area (Å²) in [5.74, 6) is -0.273. The number of carboxylic acids is 1. The molecule has 1 unspecified atom stereocenters. The van der Waals surface area contributed by atoms with Gasteiger partial charge in [0.05, 0.1) is 14.2 Å². The van der Waals surface area contributed by atoms with Gasteiger partial charge in [-0.1, -0.05) is 24.8 Å². The van der Waals surface area contributed by atoms with Gasteiger partial charge in [-0.15, -0.1) is 0 Å². The van der Waals surface area contributed by atoms with Gasteiger partial charge in [-0.2, -0.15) is 0 Å². The van der Waals surface area contributed by atoms with Crippen LogP contribution in [0.1, 0.15) is 19.4 Å². The molecule has 0 spiro atoms. The summed E-state index contributed by atoms with van der Waals surface area (Å²) >= 11 is 1.06. The van der Waals surface area contributed by atoms with Crippen molar-refractivity contribution in [2.24, 2.45) is 5.92 Å². The molecule has 7 nitrogen and oxygen atoms in total. The Morgan fingerprint density at radius 3 is 2.38 bits per heavy atom. The summed E-state index contributed by atoms with van der Waals surface area (Å²) in [7, 11) is 3.08. The number of hydrogen-bond donors (Lipinski definition) is 1. The van der Waals surface area contributed by atoms with Crippen LogP contribution in [0.25, 0.3) is 0 Å². The van der Waals surface area contributed by atoms with Crippen molar-refractivity contribution >= 4 is 28.8 Å². The van der Waals surface area contributed by atoms with E-state index in [4.69, 9.17) is 14.6 Å². The summed E-state index contributed by atoms with van der Waals surface area (Å²) < 4.78 is 10.4. The Morgan fingerprint density at radius 1 is 1.19 bits per heavy atom. The fraction of sp³-hybridized carbons (Fsp3) is 0.500. The number of carboxylic acid groups (broad SMARTS) is 1. The lowest BCUT2D eigenvalue weighted by Gasteiger charge is -2.24. The van der Waals surface area contributed by atoms with Gasteiger partial charge in [0.2, 0.25) is 5.91 Å². The van der Waals surface area contributed by atoms with Gasteiger partial charge in [0.15, 0.2) is 16.6 Å². The monoisotopic (exact) mass is 383 g/mol. The summed E-state index contributed by atoms with van der Waals surface area (Å²) in [5.41, 5.74) is 0.900. The van der Waals surface area contributed by atoms with Crippen molar-refractivity contribution in [2.75, 3.05) is 33.1 Å². The number of carbonyl (C=O) groups is 3. The molecule has 1 aromatic carbocycles. The predicted molar refractivity (Wildman–Crippen MR) is 99.8 cm³/mol. The zero-order chi connectivity index (χ0) is 19.7. The molecular formula is C18H25NO6S. The molecule has 0 aliphatic carbocycles. The van der Waals surface area contributed by atoms with Crippen LogP contribution in [0.4, 0.5) is 0 Å². The highest BCUT2D eigenvalue weighted by Crippen LogP contribution is 2.27. The number of carbonyl (C=O) groups excluding carboxylic acids is 2. The highest BCUT2D eigenvalue weighted by Gasteiger charge is 2.23. The lowest BCUT2D eigenvalue weighted by Crippen LogP contribution is -2.41. The summed E-state index contributed by atoms with van der Waals surface area (Å²) in [4.78, 5) is 36.0. The third kappa shape index (κ3) is 6.95. The number of amides is 1. The Balaban J connectivity index is 2.80. The van der Waals surface area contributed by atoms with Crippen LogP contribution < -0.4 is 9.47 Å². The molecule has 1 N–H and O–H groups in total. The van der Waals surface area contributed by atoms with E-state index in [1.54, 1.807) is 26.2 Å². The first-order chi connectivity index (χ1) is 12.3. The molecule has 0 saturated heterocycles. The largest absolute Gasteiger partial charge is 0.493 e. The maximum absolute atomic E-state index is 12.5. The molecule has 1 aromatic rings. The van der Waals surface area contributed by atoms with E-state index in [9.17, 15) is 14.4 Å². The molecule has 0 bridgehead atoms. The minimum Gasteiger partial charge on any atom is -0.493 e. The Morgan fingerprint density at radius 2 is 1.85 bits per heavy atom. The molecule has 1 atom stereocenters. The molecule has 0 saturated carbocycles. The zero-order valence-corrected chi connectivity index (χ0v) is 16.3. The SMILES string of the molecule is COc1ccc(CCN(CC(=O)O)C(=O)C(C)CSC(C)=O)cc1OC. The highest BCUT2D eigenvalue weighted by atomic mass is 32.2. The quantitative estimate of drug-likeness (QED) is 0.661. The Bertz CT molecular complexity index is 649. The lowest BCUT2D eigenvalue weighted by molar-refractivity contribution is -0.145. The molecule has 8 heteroatoms. The second-order valence-corrected chi connectivity index (χ2v) is 6.99. The van der Waals surface area contributed by atoms with Crippen LogP contribution in [0, 0.1) is 5.92 Å². The van der Waals surface area contributed by atoms with Crippen molar-refractivity contribution in [3.05, 3.63) is 23.8 Å². The van der Waals surface area contributed by atoms with E-state index < -0.39 is 11.9 Å². The van der Waals surface area contributed by atoms with Gasteiger partial charge in [0.1, 0.15) is 6.54 Å². The van der Waals surface area contributed by atoms with Gasteiger partial charge in [0, 0.05) is 25.1 Å². The first-order valence-electron chi connectivity index (χ1n) is 8.13. The molecule has 26 heavy (non-hydrogen) atoms. The summed E-state index contributed by atoms with van der Waals surface area (Å²) in [5, 5.41) is 9.02. The third-order valence-corrected chi connectivity index (χ3v) is 4.79. The lowest BCUT2D eigenvalue weighted by atomic mass is 10.1. The van der Waals surface area contributed by atoms with E-state index in [2.05, 4.69) is 0 Å². The molecule has 0 aromatic heterocycles. The van der Waals surface area contributed by atoms with Crippen molar-refractivity contribution in [3.8, 4) is 11.5 Å². The molecule has 144 valence electrons. The molecule has 0 heterocycles. The average molecular weight is 383 g/mol. The number of ether oxygens (including phenoxy) is 2. The normalized spacial score (nSPS) is 11.5. The number of aliphatic carboxylic acids is 1. The number of benzene rings is 1. The van der Waals surface area contributed by atoms with Gasteiger partial charge in [-0.25, -0.2) is 0 Å². The predicted octanol–water partition coefficient (Wildman–Crippen LogP) is 2.08. The van der Waals surface area contributed by atoms with Gasteiger partial charge in [0.25, 0.3) is 0 Å². The summed E-state index contributed by atoms with van der Waals surface area (Å²) in [6.07, 6.45) is 0.478. The van der Waals surface area contributed by atoms with E-state index in [0.29, 0.717) is 23.7 Å². The fourth-order valence-corrected chi connectivity index (χ4v) is 2.98. The first-order valence-corrected chi connectivity index (χ1v) is 9.11. The van der Waals surface area contributed by atoms with Crippen molar-refractivity contribution in [1.82, 2.24) is 4.90 Å². The second-order valence-electron chi connectivity index (χ2n) is 5.80. The van der Waals surface area contributed by atoms with Gasteiger partial charge in [-0.05, 0) is 24.1 Å². The molecular weight excluding hydrogens is 358 g/mol. The molecule has 0 aliphatic rings. The number of thioether (sulfide) groups is 1. The number of nitrogens with zero attached hydrogens (tertiary/aromatic N) is 1. The van der Waals surface area contributed by atoms with E-state index >= 15 is 0 Å². The Hall–Kier alpha value is -2.22. The van der Waals surface area contributed by atoms with E-state index in [1.807, 2.05) is 6.07 Å². The van der Waals surface area contributed by atoms with Gasteiger partial charge >= 0.3 is 5.97 Å². The van der Waals surface area contributed by atoms with Crippen molar-refractivity contribution in [1.29, 1.82) is 0 Å².